The molecule has 0 aromatic heterocycles. The normalized spacial score (nSPS) is 14.4. The lowest BCUT2D eigenvalue weighted by Crippen LogP contribution is -2.50. The minimum absolute atomic E-state index is 0.0190. The molecule has 3 rings (SSSR count). The first-order valence-electron chi connectivity index (χ1n) is 9.58. The van der Waals surface area contributed by atoms with Gasteiger partial charge in [-0.2, -0.15) is 0 Å². The first kappa shape index (κ1) is 21.7. The minimum Gasteiger partial charge on any atom is -0.336 e. The molecule has 0 unspecified atom stereocenters. The Kier molecular flexibility index (Phi) is 6.69. The maximum absolute atomic E-state index is 12.8. The van der Waals surface area contributed by atoms with Crippen LogP contribution in [0.3, 0.4) is 0 Å². The number of benzene rings is 2. The molecule has 2 aromatic rings. The van der Waals surface area contributed by atoms with Gasteiger partial charge in [0.2, 0.25) is 5.91 Å². The average Bonchev–Trinajstić information content (AvgIpc) is 2.71. The van der Waals surface area contributed by atoms with Crippen molar-refractivity contribution in [1.29, 1.82) is 0 Å². The van der Waals surface area contributed by atoms with Crippen LogP contribution in [0.2, 0.25) is 5.02 Å². The number of amides is 2. The van der Waals surface area contributed by atoms with Crippen molar-refractivity contribution in [3.8, 4) is 0 Å². The van der Waals surface area contributed by atoms with Gasteiger partial charge in [-0.25, -0.2) is 0 Å². The molecule has 1 heterocycles. The summed E-state index contributed by atoms with van der Waals surface area (Å²) in [5, 5.41) is 14.4. The third-order valence-electron chi connectivity index (χ3n) is 5.29. The predicted molar refractivity (Wildman–Crippen MR) is 115 cm³/mol. The second-order valence-electron chi connectivity index (χ2n) is 7.28. The van der Waals surface area contributed by atoms with E-state index in [9.17, 15) is 19.7 Å². The molecule has 1 aliphatic heterocycles. The van der Waals surface area contributed by atoms with E-state index in [0.29, 0.717) is 26.2 Å². The monoisotopic (exact) mass is 430 g/mol. The molecule has 2 aromatic carbocycles. The van der Waals surface area contributed by atoms with Crippen molar-refractivity contribution >= 4 is 34.8 Å². The highest BCUT2D eigenvalue weighted by molar-refractivity contribution is 6.31. The van der Waals surface area contributed by atoms with Gasteiger partial charge in [0.25, 0.3) is 11.6 Å². The van der Waals surface area contributed by atoms with Crippen LogP contribution >= 0.6 is 11.6 Å². The molecule has 158 valence electrons. The number of rotatable bonds is 5. The zero-order valence-corrected chi connectivity index (χ0v) is 17.6. The Hall–Kier alpha value is -2.97. The summed E-state index contributed by atoms with van der Waals surface area (Å²) in [6.07, 6.45) is 0. The van der Waals surface area contributed by atoms with Crippen LogP contribution in [-0.4, -0.2) is 59.3 Å². The molecule has 0 bridgehead atoms. The Morgan fingerprint density at radius 3 is 2.50 bits per heavy atom. The quantitative estimate of drug-likeness (QED) is 0.580. The molecule has 1 fully saturated rings. The highest BCUT2D eigenvalue weighted by Crippen LogP contribution is 2.25. The molecule has 0 radical (unpaired) electrons. The molecule has 9 heteroatoms. The first-order valence-corrected chi connectivity index (χ1v) is 9.95. The maximum atomic E-state index is 12.8. The van der Waals surface area contributed by atoms with Crippen molar-refractivity contribution in [2.24, 2.45) is 0 Å². The fourth-order valence-electron chi connectivity index (χ4n) is 3.40. The highest BCUT2D eigenvalue weighted by atomic mass is 35.5. The highest BCUT2D eigenvalue weighted by Gasteiger charge is 2.28. The number of hydrogen-bond donors (Lipinski definition) is 1. The summed E-state index contributed by atoms with van der Waals surface area (Å²) in [6, 6.07) is 9.80. The lowest BCUT2D eigenvalue weighted by Gasteiger charge is -2.34. The molecule has 8 nitrogen and oxygen atoms in total. The van der Waals surface area contributed by atoms with E-state index in [0.717, 1.165) is 16.8 Å². The van der Waals surface area contributed by atoms with Crippen LogP contribution in [0.4, 0.5) is 11.4 Å². The number of carbonyl (C=O) groups is 2. The van der Waals surface area contributed by atoms with Crippen LogP contribution in [0.5, 0.6) is 0 Å². The molecule has 1 aliphatic rings. The maximum Gasteiger partial charge on any atom is 0.283 e. The Labute approximate surface area is 179 Å². The van der Waals surface area contributed by atoms with Gasteiger partial charge in [-0.05, 0) is 43.2 Å². The SMILES string of the molecule is Cc1cccc(NC(=O)CN2CCN(C(=O)c3ccc(Cl)cc3[N+](=O)[O-])CC2)c1C. The van der Waals surface area contributed by atoms with Gasteiger partial charge < -0.3 is 10.2 Å². The van der Waals surface area contributed by atoms with Crippen LogP contribution < -0.4 is 5.32 Å². The number of halogens is 1. The summed E-state index contributed by atoms with van der Waals surface area (Å²) in [4.78, 5) is 39.3. The number of nitrogens with one attached hydrogen (secondary N) is 1. The zero-order chi connectivity index (χ0) is 21.8. The van der Waals surface area contributed by atoms with Gasteiger partial charge in [0.1, 0.15) is 5.56 Å². The number of carbonyl (C=O) groups excluding carboxylic acids is 2. The molecule has 2 amide bonds. The molecule has 30 heavy (non-hydrogen) atoms. The smallest absolute Gasteiger partial charge is 0.283 e. The van der Waals surface area contributed by atoms with E-state index < -0.39 is 10.8 Å². The van der Waals surface area contributed by atoms with Crippen molar-refractivity contribution in [2.75, 3.05) is 38.0 Å². The molecule has 1 N–H and O–H groups in total. The van der Waals surface area contributed by atoms with Gasteiger partial charge in [0.15, 0.2) is 0 Å². The Morgan fingerprint density at radius 1 is 1.13 bits per heavy atom. The van der Waals surface area contributed by atoms with Crippen LogP contribution in [0.1, 0.15) is 21.5 Å². The minimum atomic E-state index is -0.604. The lowest BCUT2D eigenvalue weighted by atomic mass is 10.1. The molecule has 0 aliphatic carbocycles. The van der Waals surface area contributed by atoms with Crippen LogP contribution in [-0.2, 0) is 4.79 Å². The van der Waals surface area contributed by atoms with Gasteiger partial charge in [-0.1, -0.05) is 23.7 Å². The summed E-state index contributed by atoms with van der Waals surface area (Å²) in [5.41, 5.74) is 2.65. The topological polar surface area (TPSA) is 95.8 Å². The van der Waals surface area contributed by atoms with E-state index in [2.05, 4.69) is 5.32 Å². The van der Waals surface area contributed by atoms with Crippen molar-refractivity contribution in [3.05, 3.63) is 68.2 Å². The number of nitro groups is 1. The number of anilines is 1. The first-order chi connectivity index (χ1) is 14.3. The van der Waals surface area contributed by atoms with Crippen LogP contribution in [0.25, 0.3) is 0 Å². The molecule has 0 atom stereocenters. The summed E-state index contributed by atoms with van der Waals surface area (Å²) >= 11 is 5.82. The summed E-state index contributed by atoms with van der Waals surface area (Å²) in [7, 11) is 0. The van der Waals surface area contributed by atoms with E-state index >= 15 is 0 Å². The van der Waals surface area contributed by atoms with Gasteiger partial charge in [-0.3, -0.25) is 24.6 Å². The lowest BCUT2D eigenvalue weighted by molar-refractivity contribution is -0.385. The van der Waals surface area contributed by atoms with Gasteiger partial charge in [-0.15, -0.1) is 0 Å². The van der Waals surface area contributed by atoms with E-state index in [4.69, 9.17) is 11.6 Å². The van der Waals surface area contributed by atoms with E-state index in [-0.39, 0.29) is 28.7 Å². The summed E-state index contributed by atoms with van der Waals surface area (Å²) in [5.74, 6) is -0.519. The number of nitro benzene ring substituents is 1. The average molecular weight is 431 g/mol. The van der Waals surface area contributed by atoms with Crippen molar-refractivity contribution in [1.82, 2.24) is 9.80 Å². The van der Waals surface area contributed by atoms with Crippen LogP contribution in [0.15, 0.2) is 36.4 Å². The van der Waals surface area contributed by atoms with Crippen LogP contribution in [0, 0.1) is 24.0 Å². The third kappa shape index (κ3) is 4.95. The van der Waals surface area contributed by atoms with Crippen molar-refractivity contribution < 1.29 is 14.5 Å². The number of nitrogens with zero attached hydrogens (tertiary/aromatic N) is 3. The van der Waals surface area contributed by atoms with Crippen molar-refractivity contribution in [3.63, 3.8) is 0 Å². The molecule has 0 saturated carbocycles. The molecular formula is C21H23ClN4O4. The van der Waals surface area contributed by atoms with Gasteiger partial charge >= 0.3 is 0 Å². The Morgan fingerprint density at radius 2 is 1.83 bits per heavy atom. The third-order valence-corrected chi connectivity index (χ3v) is 5.53. The Balaban J connectivity index is 1.57. The van der Waals surface area contributed by atoms with E-state index in [1.807, 2.05) is 36.9 Å². The van der Waals surface area contributed by atoms with Gasteiger partial charge in [0, 0.05) is 43.0 Å². The Bertz CT molecular complexity index is 987. The molecular weight excluding hydrogens is 408 g/mol. The largest absolute Gasteiger partial charge is 0.336 e. The fourth-order valence-corrected chi connectivity index (χ4v) is 3.56. The van der Waals surface area contributed by atoms with E-state index in [1.54, 1.807) is 4.90 Å². The standard InChI is InChI=1S/C21H23ClN4O4/c1-14-4-3-5-18(15(14)2)23-20(27)13-24-8-10-25(11-9-24)21(28)17-7-6-16(22)12-19(17)26(29)30/h3-7,12H,8-11,13H2,1-2H3,(H,23,27). The van der Waals surface area contributed by atoms with E-state index in [1.165, 1.54) is 18.2 Å². The second-order valence-corrected chi connectivity index (χ2v) is 7.72. The van der Waals surface area contributed by atoms with Crippen molar-refractivity contribution in [2.45, 2.75) is 13.8 Å². The summed E-state index contributed by atoms with van der Waals surface area (Å²) in [6.45, 7) is 5.96. The predicted octanol–water partition coefficient (Wildman–Crippen LogP) is 3.26. The van der Waals surface area contributed by atoms with Gasteiger partial charge in [0.05, 0.1) is 11.5 Å². The molecule has 1 saturated heterocycles. The number of hydrogen-bond acceptors (Lipinski definition) is 5. The molecule has 0 spiro atoms. The number of piperazine rings is 1. The summed E-state index contributed by atoms with van der Waals surface area (Å²) < 4.78 is 0. The fraction of sp³-hybridized carbons (Fsp3) is 0.333. The zero-order valence-electron chi connectivity index (χ0n) is 16.9. The number of aryl methyl sites for hydroxylation is 1. The second kappa shape index (κ2) is 9.23.